The molecule has 0 radical (unpaired) electrons. The third-order valence-electron chi connectivity index (χ3n) is 2.80. The van der Waals surface area contributed by atoms with Gasteiger partial charge in [-0.15, -0.1) is 0 Å². The molecule has 0 saturated carbocycles. The van der Waals surface area contributed by atoms with Crippen molar-refractivity contribution in [2.75, 3.05) is 0 Å². The molecule has 1 N–H and O–H groups in total. The van der Waals surface area contributed by atoms with E-state index in [0.717, 1.165) is 18.0 Å². The quantitative estimate of drug-likeness (QED) is 0.685. The van der Waals surface area contributed by atoms with Crippen LogP contribution in [0.5, 0.6) is 0 Å². The average Bonchev–Trinajstić information content (AvgIpc) is 2.01. The summed E-state index contributed by atoms with van der Waals surface area (Å²) in [4.78, 5) is 0. The summed E-state index contributed by atoms with van der Waals surface area (Å²) in [5, 5.41) is 3.67. The second kappa shape index (κ2) is 4.86. The second-order valence-electron chi connectivity index (χ2n) is 4.67. The van der Waals surface area contributed by atoms with Crippen molar-refractivity contribution in [3.05, 3.63) is 0 Å². The van der Waals surface area contributed by atoms with Crippen LogP contribution in [0.25, 0.3) is 0 Å². The van der Waals surface area contributed by atoms with E-state index in [9.17, 15) is 0 Å². The highest BCUT2D eigenvalue weighted by Crippen LogP contribution is 2.17. The van der Waals surface area contributed by atoms with E-state index in [2.05, 4.69) is 26.1 Å². The first-order valence-electron chi connectivity index (χ1n) is 5.44. The van der Waals surface area contributed by atoms with Crippen molar-refractivity contribution in [2.24, 2.45) is 5.92 Å². The van der Waals surface area contributed by atoms with Gasteiger partial charge in [-0.05, 0) is 38.5 Å². The first-order valence-corrected chi connectivity index (χ1v) is 5.44. The molecular weight excluding hydrogens is 146 g/mol. The normalized spacial score (nSPS) is 31.0. The van der Waals surface area contributed by atoms with Gasteiger partial charge < -0.3 is 5.32 Å². The molecule has 12 heavy (non-hydrogen) atoms. The van der Waals surface area contributed by atoms with Gasteiger partial charge in [-0.25, -0.2) is 0 Å². The molecule has 1 saturated heterocycles. The standard InChI is InChI=1S/C11H23N/c1-9(2)7-8-11-6-4-5-10(3)12-11/h9-12H,4-8H2,1-3H3/t10-,11+/m1/s1. The van der Waals surface area contributed by atoms with Crippen LogP contribution in [0.4, 0.5) is 0 Å². The Bertz CT molecular complexity index is 120. The highest BCUT2D eigenvalue weighted by atomic mass is 15.0. The molecule has 0 unspecified atom stereocenters. The van der Waals surface area contributed by atoms with Gasteiger partial charge in [-0.3, -0.25) is 0 Å². The lowest BCUT2D eigenvalue weighted by molar-refractivity contribution is 0.307. The zero-order chi connectivity index (χ0) is 8.97. The van der Waals surface area contributed by atoms with Crippen LogP contribution in [0.2, 0.25) is 0 Å². The summed E-state index contributed by atoms with van der Waals surface area (Å²) < 4.78 is 0. The van der Waals surface area contributed by atoms with E-state index in [1.165, 1.54) is 32.1 Å². The van der Waals surface area contributed by atoms with Crippen molar-refractivity contribution in [2.45, 2.75) is 65.0 Å². The summed E-state index contributed by atoms with van der Waals surface area (Å²) in [6.07, 6.45) is 6.96. The summed E-state index contributed by atoms with van der Waals surface area (Å²) in [6, 6.07) is 1.58. The molecule has 1 heterocycles. The Morgan fingerprint density at radius 2 is 2.08 bits per heavy atom. The molecule has 0 spiro atoms. The minimum Gasteiger partial charge on any atom is -0.312 e. The van der Waals surface area contributed by atoms with Gasteiger partial charge in [0, 0.05) is 12.1 Å². The highest BCUT2D eigenvalue weighted by molar-refractivity contribution is 4.77. The highest BCUT2D eigenvalue weighted by Gasteiger charge is 2.17. The fraction of sp³-hybridized carbons (Fsp3) is 1.00. The van der Waals surface area contributed by atoms with Crippen LogP contribution >= 0.6 is 0 Å². The SMILES string of the molecule is CC(C)CC[C@@H]1CCC[C@@H](C)N1. The molecule has 72 valence electrons. The lowest BCUT2D eigenvalue weighted by Gasteiger charge is -2.29. The smallest absolute Gasteiger partial charge is 0.00696 e. The molecule has 1 aliphatic heterocycles. The van der Waals surface area contributed by atoms with Gasteiger partial charge in [0.2, 0.25) is 0 Å². The van der Waals surface area contributed by atoms with Crippen LogP contribution in [0.3, 0.4) is 0 Å². The maximum Gasteiger partial charge on any atom is 0.00696 e. The average molecular weight is 169 g/mol. The third-order valence-corrected chi connectivity index (χ3v) is 2.80. The lowest BCUT2D eigenvalue weighted by atomic mass is 9.94. The molecule has 0 amide bonds. The summed E-state index contributed by atoms with van der Waals surface area (Å²) in [5.41, 5.74) is 0. The summed E-state index contributed by atoms with van der Waals surface area (Å²) >= 11 is 0. The van der Waals surface area contributed by atoms with E-state index in [1.54, 1.807) is 0 Å². The van der Waals surface area contributed by atoms with E-state index in [-0.39, 0.29) is 0 Å². The summed E-state index contributed by atoms with van der Waals surface area (Å²) in [6.45, 7) is 6.93. The van der Waals surface area contributed by atoms with Crippen molar-refractivity contribution < 1.29 is 0 Å². The van der Waals surface area contributed by atoms with E-state index in [1.807, 2.05) is 0 Å². The minimum absolute atomic E-state index is 0.760. The summed E-state index contributed by atoms with van der Waals surface area (Å²) in [7, 11) is 0. The molecule has 0 aromatic heterocycles. The molecule has 0 bridgehead atoms. The van der Waals surface area contributed by atoms with Crippen molar-refractivity contribution in [3.63, 3.8) is 0 Å². The van der Waals surface area contributed by atoms with Crippen LogP contribution in [0, 0.1) is 5.92 Å². The zero-order valence-electron chi connectivity index (χ0n) is 8.77. The molecule has 1 rings (SSSR count). The Balaban J connectivity index is 2.14. The third kappa shape index (κ3) is 3.57. The van der Waals surface area contributed by atoms with Gasteiger partial charge in [0.1, 0.15) is 0 Å². The van der Waals surface area contributed by atoms with Gasteiger partial charge in [0.25, 0.3) is 0 Å². The predicted molar refractivity (Wildman–Crippen MR) is 54.3 cm³/mol. The minimum atomic E-state index is 0.760. The fourth-order valence-corrected chi connectivity index (χ4v) is 2.00. The fourth-order valence-electron chi connectivity index (χ4n) is 2.00. The first kappa shape index (κ1) is 10.0. The number of piperidine rings is 1. The Kier molecular flexibility index (Phi) is 4.07. The molecule has 0 aliphatic carbocycles. The maximum atomic E-state index is 3.67. The van der Waals surface area contributed by atoms with Crippen molar-refractivity contribution in [3.8, 4) is 0 Å². The molecule has 2 atom stereocenters. The van der Waals surface area contributed by atoms with Gasteiger partial charge in [-0.2, -0.15) is 0 Å². The number of hydrogen-bond donors (Lipinski definition) is 1. The van der Waals surface area contributed by atoms with Crippen molar-refractivity contribution >= 4 is 0 Å². The van der Waals surface area contributed by atoms with Gasteiger partial charge >= 0.3 is 0 Å². The Labute approximate surface area is 76.9 Å². The maximum absolute atomic E-state index is 3.67. The Morgan fingerprint density at radius 1 is 1.33 bits per heavy atom. The second-order valence-corrected chi connectivity index (χ2v) is 4.67. The van der Waals surface area contributed by atoms with Crippen LogP contribution in [0.1, 0.15) is 52.9 Å². The van der Waals surface area contributed by atoms with E-state index in [0.29, 0.717) is 0 Å². The van der Waals surface area contributed by atoms with Gasteiger partial charge in [-0.1, -0.05) is 20.3 Å². The van der Waals surface area contributed by atoms with Crippen molar-refractivity contribution in [1.29, 1.82) is 0 Å². The summed E-state index contributed by atoms with van der Waals surface area (Å²) in [5.74, 6) is 0.865. The molecule has 0 aromatic carbocycles. The number of rotatable bonds is 3. The van der Waals surface area contributed by atoms with E-state index < -0.39 is 0 Å². The zero-order valence-corrected chi connectivity index (χ0v) is 8.77. The molecule has 1 nitrogen and oxygen atoms in total. The monoisotopic (exact) mass is 169 g/mol. The number of hydrogen-bond acceptors (Lipinski definition) is 1. The molecule has 1 aliphatic rings. The van der Waals surface area contributed by atoms with Crippen LogP contribution in [-0.4, -0.2) is 12.1 Å². The van der Waals surface area contributed by atoms with Gasteiger partial charge in [0.05, 0.1) is 0 Å². The lowest BCUT2D eigenvalue weighted by Crippen LogP contribution is -2.40. The van der Waals surface area contributed by atoms with Gasteiger partial charge in [0.15, 0.2) is 0 Å². The van der Waals surface area contributed by atoms with Crippen LogP contribution in [-0.2, 0) is 0 Å². The topological polar surface area (TPSA) is 12.0 Å². The molecule has 1 fully saturated rings. The Morgan fingerprint density at radius 3 is 2.67 bits per heavy atom. The van der Waals surface area contributed by atoms with E-state index in [4.69, 9.17) is 0 Å². The van der Waals surface area contributed by atoms with E-state index >= 15 is 0 Å². The molecule has 1 heteroatoms. The van der Waals surface area contributed by atoms with Crippen molar-refractivity contribution in [1.82, 2.24) is 5.32 Å². The molecular formula is C11H23N. The molecule has 0 aromatic rings. The first-order chi connectivity index (χ1) is 5.68. The largest absolute Gasteiger partial charge is 0.312 e. The Hall–Kier alpha value is -0.0400. The predicted octanol–water partition coefficient (Wildman–Crippen LogP) is 2.95. The van der Waals surface area contributed by atoms with Crippen LogP contribution in [0.15, 0.2) is 0 Å². The number of nitrogens with one attached hydrogen (secondary N) is 1. The van der Waals surface area contributed by atoms with Crippen LogP contribution < -0.4 is 5.32 Å².